The van der Waals surface area contributed by atoms with E-state index in [0.717, 1.165) is 0 Å². The predicted octanol–water partition coefficient (Wildman–Crippen LogP) is 0.643. The minimum absolute atomic E-state index is 0.537. The molecule has 0 nitrogen and oxygen atoms in total. The van der Waals surface area contributed by atoms with Gasteiger partial charge < -0.3 is 0 Å². The van der Waals surface area contributed by atoms with Gasteiger partial charge in [0.1, 0.15) is 11.8 Å². The Kier molecular flexibility index (Phi) is 2.14. The summed E-state index contributed by atoms with van der Waals surface area (Å²) in [7, 11) is 4.99. The molecule has 1 unspecified atom stereocenters. The van der Waals surface area contributed by atoms with Crippen LogP contribution in [0.4, 0.5) is 0 Å². The average Bonchev–Trinajstić information content (AvgIpc) is 0.811. The van der Waals surface area contributed by atoms with Crippen molar-refractivity contribution in [1.82, 2.24) is 0 Å². The molecule has 0 fully saturated rings. The maximum Gasteiger partial charge on any atom is 0.459 e. The minimum atomic E-state index is -0.537. The van der Waals surface area contributed by atoms with E-state index >= 15 is 0 Å². The van der Waals surface area contributed by atoms with Crippen LogP contribution >= 0.6 is 6.58 Å². The summed E-state index contributed by atoms with van der Waals surface area (Å²) < 4.78 is 0. The third-order valence-electron chi connectivity index (χ3n) is 0. The second-order valence-electron chi connectivity index (χ2n) is 0.546. The first-order chi connectivity index (χ1) is 1.73. The summed E-state index contributed by atoms with van der Waals surface area (Å²) >= 11 is 4.46. The SMILES string of the molecule is [B][P+](C)=S. The van der Waals surface area contributed by atoms with E-state index in [2.05, 4.69) is 11.8 Å². The lowest BCUT2D eigenvalue weighted by Gasteiger charge is -1.42. The van der Waals surface area contributed by atoms with Gasteiger partial charge in [-0.2, -0.15) is 0 Å². The molecule has 0 aliphatic carbocycles. The fourth-order valence-corrected chi connectivity index (χ4v) is 0. The topological polar surface area (TPSA) is 0 Å². The Morgan fingerprint density at radius 3 is 2.00 bits per heavy atom. The molecule has 0 spiro atoms. The van der Waals surface area contributed by atoms with Crippen molar-refractivity contribution < 1.29 is 0 Å². The van der Waals surface area contributed by atoms with Gasteiger partial charge in [0.2, 0.25) is 0 Å². The predicted molar refractivity (Wildman–Crippen MR) is 26.0 cm³/mol. The molecular weight excluding hydrogens is 85.9 g/mol. The molecule has 0 rings (SSSR count). The molecule has 4 heavy (non-hydrogen) atoms. The lowest BCUT2D eigenvalue weighted by Crippen LogP contribution is -1.37. The van der Waals surface area contributed by atoms with Gasteiger partial charge in [-0.05, 0) is 0 Å². The molecular formula is CH3BPS+. The zero-order chi connectivity index (χ0) is 3.58. The highest BCUT2D eigenvalue weighted by atomic mass is 32.4. The Morgan fingerprint density at radius 1 is 2.00 bits per heavy atom. The van der Waals surface area contributed by atoms with Gasteiger partial charge in [0.25, 0.3) is 0 Å². The molecule has 0 aromatic rings. The van der Waals surface area contributed by atoms with E-state index in [9.17, 15) is 0 Å². The van der Waals surface area contributed by atoms with Gasteiger partial charge in [-0.3, -0.25) is 0 Å². The average molecular weight is 88.9 g/mol. The number of hydrogen-bond donors (Lipinski definition) is 0. The fourth-order valence-electron chi connectivity index (χ4n) is 0. The summed E-state index contributed by atoms with van der Waals surface area (Å²) in [6.07, 6.45) is 0. The van der Waals surface area contributed by atoms with E-state index in [1.807, 2.05) is 6.66 Å². The summed E-state index contributed by atoms with van der Waals surface area (Å²) in [5.41, 5.74) is 0. The molecule has 0 aromatic heterocycles. The molecule has 0 saturated heterocycles. The van der Waals surface area contributed by atoms with Crippen LogP contribution in [0.2, 0.25) is 0 Å². The lowest BCUT2D eigenvalue weighted by atomic mass is 10.8. The Bertz CT molecular complexity index is 31.0. The molecule has 0 amide bonds. The maximum absolute atomic E-state index is 4.99. The summed E-state index contributed by atoms with van der Waals surface area (Å²) in [5.74, 6) is 0. The first-order valence-electron chi connectivity index (χ1n) is 0.888. The Balaban J connectivity index is 2.80. The number of rotatable bonds is 0. The van der Waals surface area contributed by atoms with Crippen molar-refractivity contribution in [2.45, 2.75) is 0 Å². The van der Waals surface area contributed by atoms with Crippen LogP contribution in [0.3, 0.4) is 0 Å². The van der Waals surface area contributed by atoms with Crippen molar-refractivity contribution in [2.75, 3.05) is 6.66 Å². The van der Waals surface area contributed by atoms with Crippen LogP contribution < -0.4 is 0 Å². The van der Waals surface area contributed by atoms with Gasteiger partial charge in [-0.25, -0.2) is 0 Å². The largest absolute Gasteiger partial charge is 0.459 e. The van der Waals surface area contributed by atoms with Crippen LogP contribution in [0.1, 0.15) is 0 Å². The van der Waals surface area contributed by atoms with Gasteiger partial charge >= 0.3 is 7.57 Å². The van der Waals surface area contributed by atoms with Gasteiger partial charge in [-0.15, -0.1) is 0 Å². The smallest absolute Gasteiger partial charge is 0.0892 e. The first-order valence-corrected chi connectivity index (χ1v) is 3.76. The van der Waals surface area contributed by atoms with Crippen LogP contribution in [-0.2, 0) is 11.8 Å². The second kappa shape index (κ2) is 1.86. The van der Waals surface area contributed by atoms with E-state index in [1.165, 1.54) is 0 Å². The van der Waals surface area contributed by atoms with E-state index in [0.29, 0.717) is 0 Å². The lowest BCUT2D eigenvalue weighted by molar-refractivity contribution is 2.50. The van der Waals surface area contributed by atoms with Gasteiger partial charge in [-0.1, -0.05) is 0 Å². The standard InChI is InChI=1S/CH3BPS/c1-3(2)4/h1H3/q+1. The molecule has 0 heterocycles. The quantitative estimate of drug-likeness (QED) is 0.310. The van der Waals surface area contributed by atoms with E-state index in [-0.39, 0.29) is 0 Å². The Morgan fingerprint density at radius 2 is 2.00 bits per heavy atom. The van der Waals surface area contributed by atoms with Gasteiger partial charge in [0, 0.05) is 0 Å². The summed E-state index contributed by atoms with van der Waals surface area (Å²) in [4.78, 5) is 0. The molecule has 0 aliphatic rings. The minimum Gasteiger partial charge on any atom is 0.0892 e. The molecule has 0 bridgehead atoms. The van der Waals surface area contributed by atoms with Crippen LogP contribution in [-0.4, -0.2) is 14.2 Å². The highest BCUT2D eigenvalue weighted by molar-refractivity contribution is 8.16. The van der Waals surface area contributed by atoms with Crippen LogP contribution in [0, 0.1) is 0 Å². The van der Waals surface area contributed by atoms with Crippen molar-refractivity contribution in [3.05, 3.63) is 0 Å². The van der Waals surface area contributed by atoms with Gasteiger partial charge in [0.15, 0.2) is 0 Å². The highest BCUT2D eigenvalue weighted by Crippen LogP contribution is 1.99. The molecule has 3 heteroatoms. The first kappa shape index (κ1) is 4.58. The summed E-state index contributed by atoms with van der Waals surface area (Å²) in [6.45, 7) is 1.29. The third kappa shape index (κ3) is 19.0. The molecule has 0 aliphatic heterocycles. The number of hydrogen-bond acceptors (Lipinski definition) is 1. The molecule has 2 radical (unpaired) electrons. The maximum atomic E-state index is 4.99. The molecule has 1 atom stereocenters. The van der Waals surface area contributed by atoms with Crippen molar-refractivity contribution in [3.63, 3.8) is 0 Å². The monoisotopic (exact) mass is 89.0 g/mol. The van der Waals surface area contributed by atoms with Crippen molar-refractivity contribution in [2.24, 2.45) is 0 Å². The Labute approximate surface area is 33.4 Å². The molecule has 0 N–H and O–H groups in total. The summed E-state index contributed by atoms with van der Waals surface area (Å²) in [6, 6.07) is 0. The van der Waals surface area contributed by atoms with Crippen LogP contribution in [0.25, 0.3) is 0 Å². The highest BCUT2D eigenvalue weighted by Gasteiger charge is 1.77. The van der Waals surface area contributed by atoms with E-state index < -0.39 is 6.58 Å². The zero-order valence-electron chi connectivity index (χ0n) is 2.43. The van der Waals surface area contributed by atoms with Crippen LogP contribution in [0.5, 0.6) is 0 Å². The van der Waals surface area contributed by atoms with E-state index in [1.54, 1.807) is 0 Å². The van der Waals surface area contributed by atoms with Crippen LogP contribution in [0.15, 0.2) is 0 Å². The Hall–Kier alpha value is 0.585. The van der Waals surface area contributed by atoms with Gasteiger partial charge in [0.05, 0.1) is 13.2 Å². The fraction of sp³-hybridized carbons (Fsp3) is 1.00. The third-order valence-corrected chi connectivity index (χ3v) is 0. The molecule has 20 valence electrons. The summed E-state index contributed by atoms with van der Waals surface area (Å²) in [5, 5.41) is 0. The second-order valence-corrected chi connectivity index (χ2v) is 3.37. The van der Waals surface area contributed by atoms with Crippen molar-refractivity contribution in [1.29, 1.82) is 0 Å². The normalized spacial score (nSPS) is 10.8. The van der Waals surface area contributed by atoms with E-state index in [4.69, 9.17) is 7.57 Å². The molecule has 0 saturated carbocycles. The van der Waals surface area contributed by atoms with Crippen molar-refractivity contribution in [3.8, 4) is 0 Å². The molecule has 0 aromatic carbocycles. The van der Waals surface area contributed by atoms with Crippen molar-refractivity contribution >= 4 is 25.9 Å². The zero-order valence-corrected chi connectivity index (χ0v) is 4.14.